The fraction of sp³-hybridized carbons (Fsp3) is 0.200. The molecule has 0 aromatic heterocycles. The average molecular weight is 325 g/mol. The molecule has 0 fully saturated rings. The molecule has 0 bridgehead atoms. The highest BCUT2D eigenvalue weighted by atomic mass is 35.5. The van der Waals surface area contributed by atoms with Crippen LogP contribution in [0.4, 0.5) is 5.69 Å². The van der Waals surface area contributed by atoms with Crippen LogP contribution in [-0.2, 0) is 16.6 Å². The summed E-state index contributed by atoms with van der Waals surface area (Å²) in [5, 5.41) is 0.236. The fourth-order valence-corrected chi connectivity index (χ4v) is 3.31. The maximum absolute atomic E-state index is 12.5. The van der Waals surface area contributed by atoms with E-state index in [0.29, 0.717) is 12.2 Å². The Morgan fingerprint density at radius 3 is 2.33 bits per heavy atom. The monoisotopic (exact) mass is 324 g/mol. The van der Waals surface area contributed by atoms with E-state index in [4.69, 9.17) is 17.3 Å². The summed E-state index contributed by atoms with van der Waals surface area (Å²) in [5.41, 5.74) is 8.02. The number of benzene rings is 2. The molecule has 2 aromatic carbocycles. The van der Waals surface area contributed by atoms with Crippen molar-refractivity contribution >= 4 is 27.3 Å². The van der Waals surface area contributed by atoms with Gasteiger partial charge in [0, 0.05) is 13.6 Å². The van der Waals surface area contributed by atoms with E-state index in [-0.39, 0.29) is 9.92 Å². The van der Waals surface area contributed by atoms with Crippen molar-refractivity contribution in [3.63, 3.8) is 0 Å². The third kappa shape index (κ3) is 3.56. The van der Waals surface area contributed by atoms with Gasteiger partial charge in [0.2, 0.25) is 10.0 Å². The van der Waals surface area contributed by atoms with E-state index in [1.165, 1.54) is 22.5 Å². The highest BCUT2D eigenvalue weighted by molar-refractivity contribution is 7.89. The molecule has 112 valence electrons. The second kappa shape index (κ2) is 6.05. The first kappa shape index (κ1) is 15.8. The van der Waals surface area contributed by atoms with Crippen LogP contribution in [0.3, 0.4) is 0 Å². The predicted octanol–water partition coefficient (Wildman–Crippen LogP) is 3.05. The summed E-state index contributed by atoms with van der Waals surface area (Å²) in [5.74, 6) is 0. The second-order valence-electron chi connectivity index (χ2n) is 4.93. The van der Waals surface area contributed by atoms with Crippen molar-refractivity contribution in [2.75, 3.05) is 12.8 Å². The van der Waals surface area contributed by atoms with Gasteiger partial charge < -0.3 is 5.73 Å². The number of halogens is 1. The molecule has 0 aliphatic rings. The Balaban J connectivity index is 2.25. The molecule has 4 nitrogen and oxygen atoms in total. The smallest absolute Gasteiger partial charge is 0.243 e. The van der Waals surface area contributed by atoms with Gasteiger partial charge in [-0.05, 0) is 30.7 Å². The lowest BCUT2D eigenvalue weighted by Crippen LogP contribution is -2.26. The van der Waals surface area contributed by atoms with Crippen LogP contribution < -0.4 is 5.73 Å². The third-order valence-corrected chi connectivity index (χ3v) is 5.33. The summed E-state index contributed by atoms with van der Waals surface area (Å²) < 4.78 is 26.3. The predicted molar refractivity (Wildman–Crippen MR) is 85.7 cm³/mol. The van der Waals surface area contributed by atoms with Gasteiger partial charge in [0.1, 0.15) is 0 Å². The van der Waals surface area contributed by atoms with Crippen molar-refractivity contribution < 1.29 is 8.42 Å². The summed E-state index contributed by atoms with van der Waals surface area (Å²) in [7, 11) is -2.05. The summed E-state index contributed by atoms with van der Waals surface area (Å²) in [6, 6.07) is 12.1. The van der Waals surface area contributed by atoms with E-state index in [0.717, 1.165) is 11.1 Å². The van der Waals surface area contributed by atoms with E-state index in [1.54, 1.807) is 7.05 Å². The molecule has 0 saturated carbocycles. The van der Waals surface area contributed by atoms with Crippen LogP contribution in [0.5, 0.6) is 0 Å². The molecular formula is C15H17ClN2O2S. The standard InChI is InChI=1S/C15H17ClN2O2S/c1-11-3-5-12(6-4-11)10-18(2)21(19,20)13-7-8-15(17)14(16)9-13/h3-9H,10,17H2,1-2H3. The van der Waals surface area contributed by atoms with Crippen LogP contribution in [0, 0.1) is 6.92 Å². The number of nitrogens with zero attached hydrogens (tertiary/aromatic N) is 1. The Labute approximate surface area is 130 Å². The first-order valence-corrected chi connectivity index (χ1v) is 8.19. The van der Waals surface area contributed by atoms with Crippen molar-refractivity contribution in [1.29, 1.82) is 0 Å². The number of rotatable bonds is 4. The van der Waals surface area contributed by atoms with Crippen LogP contribution in [0.15, 0.2) is 47.4 Å². The number of nitrogens with two attached hydrogens (primary N) is 1. The van der Waals surface area contributed by atoms with Gasteiger partial charge in [-0.15, -0.1) is 0 Å². The third-order valence-electron chi connectivity index (χ3n) is 3.21. The SMILES string of the molecule is Cc1ccc(CN(C)S(=O)(=O)c2ccc(N)c(Cl)c2)cc1. The molecule has 2 rings (SSSR count). The second-order valence-corrected chi connectivity index (χ2v) is 7.38. The molecule has 6 heteroatoms. The summed E-state index contributed by atoms with van der Waals surface area (Å²) in [4.78, 5) is 0.135. The van der Waals surface area contributed by atoms with Crippen LogP contribution in [0.2, 0.25) is 5.02 Å². The van der Waals surface area contributed by atoms with E-state index >= 15 is 0 Å². The number of sulfonamides is 1. The van der Waals surface area contributed by atoms with Crippen molar-refractivity contribution in [1.82, 2.24) is 4.31 Å². The van der Waals surface area contributed by atoms with Gasteiger partial charge in [0.15, 0.2) is 0 Å². The largest absolute Gasteiger partial charge is 0.398 e. The Morgan fingerprint density at radius 1 is 1.14 bits per heavy atom. The van der Waals surface area contributed by atoms with Crippen molar-refractivity contribution in [3.05, 3.63) is 58.6 Å². The molecule has 0 unspecified atom stereocenters. The molecule has 0 radical (unpaired) electrons. The fourth-order valence-electron chi connectivity index (χ4n) is 1.88. The summed E-state index contributed by atoms with van der Waals surface area (Å²) >= 11 is 5.89. The molecule has 0 amide bonds. The van der Waals surface area contributed by atoms with E-state index < -0.39 is 10.0 Å². The minimum Gasteiger partial charge on any atom is -0.398 e. The van der Waals surface area contributed by atoms with Gasteiger partial charge in [-0.1, -0.05) is 41.4 Å². The number of hydrogen-bond donors (Lipinski definition) is 1. The minimum absolute atomic E-state index is 0.135. The molecule has 0 spiro atoms. The highest BCUT2D eigenvalue weighted by Crippen LogP contribution is 2.24. The first-order valence-electron chi connectivity index (χ1n) is 6.37. The zero-order valence-corrected chi connectivity index (χ0v) is 13.4. The molecular weight excluding hydrogens is 308 g/mol. The number of aryl methyl sites for hydroxylation is 1. The zero-order chi connectivity index (χ0) is 15.6. The summed E-state index contributed by atoms with van der Waals surface area (Å²) in [6.45, 7) is 2.28. The van der Waals surface area contributed by atoms with Gasteiger partial charge in [-0.3, -0.25) is 0 Å². The van der Waals surface area contributed by atoms with Gasteiger partial charge in [-0.25, -0.2) is 8.42 Å². The lowest BCUT2D eigenvalue weighted by atomic mass is 10.1. The van der Waals surface area contributed by atoms with Crippen LogP contribution >= 0.6 is 11.6 Å². The molecule has 21 heavy (non-hydrogen) atoms. The van der Waals surface area contributed by atoms with E-state index in [9.17, 15) is 8.42 Å². The molecule has 0 heterocycles. The van der Waals surface area contributed by atoms with Crippen molar-refractivity contribution in [2.45, 2.75) is 18.4 Å². The van der Waals surface area contributed by atoms with Crippen LogP contribution in [-0.4, -0.2) is 19.8 Å². The lowest BCUT2D eigenvalue weighted by molar-refractivity contribution is 0.467. The molecule has 0 saturated heterocycles. The van der Waals surface area contributed by atoms with Crippen LogP contribution in [0.25, 0.3) is 0 Å². The number of nitrogen functional groups attached to an aromatic ring is 1. The van der Waals surface area contributed by atoms with Crippen LogP contribution in [0.1, 0.15) is 11.1 Å². The maximum Gasteiger partial charge on any atom is 0.243 e. The van der Waals surface area contributed by atoms with Gasteiger partial charge in [0.05, 0.1) is 15.6 Å². The Kier molecular flexibility index (Phi) is 4.56. The molecule has 2 aromatic rings. The lowest BCUT2D eigenvalue weighted by Gasteiger charge is -2.18. The Bertz CT molecular complexity index is 743. The minimum atomic E-state index is -3.59. The van der Waals surface area contributed by atoms with Gasteiger partial charge in [-0.2, -0.15) is 4.31 Å². The zero-order valence-electron chi connectivity index (χ0n) is 11.9. The first-order chi connectivity index (χ1) is 9.80. The molecule has 2 N–H and O–H groups in total. The Morgan fingerprint density at radius 2 is 1.76 bits per heavy atom. The van der Waals surface area contributed by atoms with Crippen molar-refractivity contribution in [2.24, 2.45) is 0 Å². The molecule has 0 aliphatic heterocycles. The molecule has 0 aliphatic carbocycles. The number of anilines is 1. The quantitative estimate of drug-likeness (QED) is 0.879. The topological polar surface area (TPSA) is 63.4 Å². The van der Waals surface area contributed by atoms with Gasteiger partial charge in [0.25, 0.3) is 0 Å². The Hall–Kier alpha value is -1.56. The highest BCUT2D eigenvalue weighted by Gasteiger charge is 2.21. The summed E-state index contributed by atoms with van der Waals surface area (Å²) in [6.07, 6.45) is 0. The van der Waals surface area contributed by atoms with E-state index in [2.05, 4.69) is 0 Å². The number of hydrogen-bond acceptors (Lipinski definition) is 3. The normalized spacial score (nSPS) is 11.8. The van der Waals surface area contributed by atoms with Crippen molar-refractivity contribution in [3.8, 4) is 0 Å². The average Bonchev–Trinajstić information content (AvgIpc) is 2.44. The van der Waals surface area contributed by atoms with Gasteiger partial charge >= 0.3 is 0 Å². The molecule has 0 atom stereocenters. The van der Waals surface area contributed by atoms with E-state index in [1.807, 2.05) is 31.2 Å². The maximum atomic E-state index is 12.5.